The first-order valence-corrected chi connectivity index (χ1v) is 11.1. The van der Waals surface area contributed by atoms with Crippen LogP contribution in [0.5, 0.6) is 0 Å². The van der Waals surface area contributed by atoms with Gasteiger partial charge in [-0.3, -0.25) is 0 Å². The molecule has 0 saturated carbocycles. The Morgan fingerprint density at radius 2 is 1.48 bits per heavy atom. The molecule has 1 aliphatic carbocycles. The largest absolute Gasteiger partial charge is 1.00 e. The Morgan fingerprint density at radius 3 is 1.96 bits per heavy atom. The molecule has 0 aliphatic heterocycles. The maximum atomic E-state index is 11.6. The second-order valence-electron chi connectivity index (χ2n) is 7.39. The summed E-state index contributed by atoms with van der Waals surface area (Å²) in [5, 5.41) is 0. The summed E-state index contributed by atoms with van der Waals surface area (Å²) in [6, 6.07) is 0. The summed E-state index contributed by atoms with van der Waals surface area (Å²) in [6.45, 7) is 5.65. The zero-order chi connectivity index (χ0) is 18.1. The number of hydrogen-bond acceptors (Lipinski definition) is 3. The van der Waals surface area contributed by atoms with Gasteiger partial charge in [0.05, 0.1) is 4.75 Å². The molecule has 0 fully saturated rings. The van der Waals surface area contributed by atoms with Crippen molar-refractivity contribution in [2.75, 3.05) is 0 Å². The normalized spacial score (nSPS) is 23.2. The van der Waals surface area contributed by atoms with Crippen LogP contribution < -0.4 is 29.6 Å². The molecule has 0 radical (unpaired) electrons. The molecule has 25 heavy (non-hydrogen) atoms. The summed E-state index contributed by atoms with van der Waals surface area (Å²) in [5.41, 5.74) is 1.10. The van der Waals surface area contributed by atoms with Gasteiger partial charge in [0.1, 0.15) is 10.1 Å². The van der Waals surface area contributed by atoms with Crippen LogP contribution in [0.25, 0.3) is 0 Å². The smallest absolute Gasteiger partial charge is 0.747 e. The van der Waals surface area contributed by atoms with E-state index < -0.39 is 14.9 Å². The van der Waals surface area contributed by atoms with Gasteiger partial charge in [-0.1, -0.05) is 95.4 Å². The average molecular weight is 379 g/mol. The van der Waals surface area contributed by atoms with Gasteiger partial charge in [-0.15, -0.1) is 0 Å². The summed E-state index contributed by atoms with van der Waals surface area (Å²) in [4.78, 5) is 0. The molecule has 0 aromatic heterocycles. The Balaban J connectivity index is 0.00000576. The molecular weight excluding hydrogens is 343 g/mol. The standard InChI is InChI=1S/C20H36O3S.Na/c1-4-5-6-7-8-9-10-11-12-13-15-19-16-14-17-20(3,18(19)2)24(21,22)23;/h14,16-18H,4-13,15H2,1-3H3,(H,21,22,23);/q;+1/p-1. The number of rotatable bonds is 12. The summed E-state index contributed by atoms with van der Waals surface area (Å²) in [7, 11) is -4.34. The predicted molar refractivity (Wildman–Crippen MR) is 101 cm³/mol. The minimum atomic E-state index is -4.34. The maximum Gasteiger partial charge on any atom is 1.00 e. The van der Waals surface area contributed by atoms with Crippen molar-refractivity contribution < 1.29 is 42.5 Å². The molecule has 0 aromatic rings. The molecule has 0 heterocycles. The van der Waals surface area contributed by atoms with Crippen LogP contribution in [0, 0.1) is 5.92 Å². The van der Waals surface area contributed by atoms with Crippen LogP contribution in [0.3, 0.4) is 0 Å². The molecule has 3 nitrogen and oxygen atoms in total. The molecule has 2 unspecified atom stereocenters. The molecule has 0 spiro atoms. The molecule has 2 atom stereocenters. The molecule has 5 heteroatoms. The number of allylic oxidation sites excluding steroid dienone is 3. The van der Waals surface area contributed by atoms with Gasteiger partial charge in [-0.25, -0.2) is 8.42 Å². The third-order valence-corrected chi connectivity index (χ3v) is 7.08. The Hall–Kier alpha value is 0.390. The fraction of sp³-hybridized carbons (Fsp3) is 0.800. The van der Waals surface area contributed by atoms with Crippen molar-refractivity contribution in [3.8, 4) is 0 Å². The SMILES string of the molecule is CCCCCCCCCCCCC1=CC=CC(C)(S(=O)(=O)[O-])C1C.[Na+]. The van der Waals surface area contributed by atoms with Crippen molar-refractivity contribution in [3.63, 3.8) is 0 Å². The molecular formula is C20H35NaO3S. The first-order chi connectivity index (χ1) is 11.3. The van der Waals surface area contributed by atoms with E-state index in [1.165, 1.54) is 57.8 Å². The Labute approximate surface area is 177 Å². The minimum Gasteiger partial charge on any atom is -0.747 e. The van der Waals surface area contributed by atoms with Crippen LogP contribution in [-0.4, -0.2) is 17.7 Å². The Bertz CT molecular complexity index is 525. The van der Waals surface area contributed by atoms with Crippen LogP contribution in [0.2, 0.25) is 0 Å². The fourth-order valence-electron chi connectivity index (χ4n) is 3.44. The van der Waals surface area contributed by atoms with E-state index >= 15 is 0 Å². The quantitative estimate of drug-likeness (QED) is 0.298. The van der Waals surface area contributed by atoms with Gasteiger partial charge in [0.15, 0.2) is 0 Å². The molecule has 140 valence electrons. The predicted octanol–water partition coefficient (Wildman–Crippen LogP) is 2.74. The van der Waals surface area contributed by atoms with E-state index in [2.05, 4.69) is 6.92 Å². The molecule has 0 aromatic carbocycles. The van der Waals surface area contributed by atoms with E-state index in [4.69, 9.17) is 0 Å². The fourth-order valence-corrected chi connectivity index (χ4v) is 4.27. The molecule has 0 saturated heterocycles. The monoisotopic (exact) mass is 378 g/mol. The topological polar surface area (TPSA) is 57.2 Å². The number of hydrogen-bond donors (Lipinski definition) is 0. The van der Waals surface area contributed by atoms with E-state index in [1.807, 2.05) is 13.0 Å². The van der Waals surface area contributed by atoms with Crippen molar-refractivity contribution >= 4 is 10.1 Å². The van der Waals surface area contributed by atoms with Crippen LogP contribution in [0.1, 0.15) is 91.4 Å². The summed E-state index contributed by atoms with van der Waals surface area (Å²) in [5.74, 6) is -0.233. The third kappa shape index (κ3) is 8.30. The van der Waals surface area contributed by atoms with E-state index in [9.17, 15) is 13.0 Å². The van der Waals surface area contributed by atoms with Gasteiger partial charge < -0.3 is 4.55 Å². The average Bonchev–Trinajstić information content (AvgIpc) is 2.52. The molecule has 0 N–H and O–H groups in total. The molecule has 1 rings (SSSR count). The first kappa shape index (κ1) is 25.4. The van der Waals surface area contributed by atoms with Gasteiger partial charge >= 0.3 is 29.6 Å². The van der Waals surface area contributed by atoms with E-state index in [0.717, 1.165) is 18.4 Å². The van der Waals surface area contributed by atoms with Gasteiger partial charge in [-0.2, -0.15) is 0 Å². The zero-order valence-corrected chi connectivity index (χ0v) is 19.5. The molecule has 0 amide bonds. The third-order valence-electron chi connectivity index (χ3n) is 5.51. The van der Waals surface area contributed by atoms with Crippen molar-refractivity contribution in [1.82, 2.24) is 0 Å². The molecule has 0 bridgehead atoms. The maximum absolute atomic E-state index is 11.6. The van der Waals surface area contributed by atoms with Crippen molar-refractivity contribution in [2.24, 2.45) is 5.92 Å². The summed E-state index contributed by atoms with van der Waals surface area (Å²) >= 11 is 0. The van der Waals surface area contributed by atoms with Gasteiger partial charge in [-0.05, 0) is 25.7 Å². The second kappa shape index (κ2) is 12.7. The van der Waals surface area contributed by atoms with E-state index in [0.29, 0.717) is 0 Å². The zero-order valence-electron chi connectivity index (χ0n) is 16.7. The van der Waals surface area contributed by atoms with Crippen molar-refractivity contribution in [2.45, 2.75) is 96.1 Å². The van der Waals surface area contributed by atoms with Crippen molar-refractivity contribution in [3.05, 3.63) is 23.8 Å². The van der Waals surface area contributed by atoms with Crippen LogP contribution in [-0.2, 0) is 10.1 Å². The van der Waals surface area contributed by atoms with Gasteiger partial charge in [0, 0.05) is 0 Å². The first-order valence-electron chi connectivity index (χ1n) is 9.66. The van der Waals surface area contributed by atoms with E-state index in [-0.39, 0.29) is 35.5 Å². The minimum absolute atomic E-state index is 0. The van der Waals surface area contributed by atoms with Crippen LogP contribution >= 0.6 is 0 Å². The van der Waals surface area contributed by atoms with Gasteiger partial charge in [0.2, 0.25) is 0 Å². The van der Waals surface area contributed by atoms with E-state index in [1.54, 1.807) is 19.1 Å². The van der Waals surface area contributed by atoms with Crippen LogP contribution in [0.4, 0.5) is 0 Å². The van der Waals surface area contributed by atoms with Crippen molar-refractivity contribution in [1.29, 1.82) is 0 Å². The summed E-state index contributed by atoms with van der Waals surface area (Å²) in [6.07, 6.45) is 19.1. The summed E-state index contributed by atoms with van der Waals surface area (Å²) < 4.78 is 33.4. The second-order valence-corrected chi connectivity index (χ2v) is 9.18. The Morgan fingerprint density at radius 1 is 1.00 bits per heavy atom. The molecule has 1 aliphatic rings. The van der Waals surface area contributed by atoms with Gasteiger partial charge in [0.25, 0.3) is 0 Å². The number of unbranched alkanes of at least 4 members (excludes halogenated alkanes) is 9. The van der Waals surface area contributed by atoms with Crippen LogP contribution in [0.15, 0.2) is 23.8 Å². The Kier molecular flexibility index (Phi) is 12.9.